The molecule has 10 nitrogen and oxygen atoms in total. The van der Waals surface area contributed by atoms with Crippen LogP contribution in [0, 0.1) is 11.7 Å². The molecule has 0 unspecified atom stereocenters. The zero-order chi connectivity index (χ0) is 32.0. The molecule has 3 aliphatic rings. The van der Waals surface area contributed by atoms with Crippen molar-refractivity contribution >= 4 is 23.6 Å². The summed E-state index contributed by atoms with van der Waals surface area (Å²) in [4.78, 5) is 56.1. The molecule has 2 saturated heterocycles. The number of fused-ring (bicyclic) bond motifs is 2. The standard InChI is InChI=1S/C34H43FN4O6/c1-22(2)17-25-20-45-29-11-4-3-9-26(29)31(41)38-27(19-30(40)39-14-6-10-28(39)33(43)37-25)32(42)36-21-34(12-15-44-16-13-34)23-7-5-8-24(35)18-23/h3-5,7-9,11,18,22,25,27-28H,6,10,12-17,19-21H2,1-2H3,(H,36,42)(H,37,43)(H,38,41)/t25-,27-,28+/m0/s1. The Morgan fingerprint density at radius 1 is 1.09 bits per heavy atom. The normalized spacial score (nSPS) is 24.0. The molecule has 3 atom stereocenters. The first-order chi connectivity index (χ1) is 21.6. The zero-order valence-electron chi connectivity index (χ0n) is 26.0. The number of carbonyl (C=O) groups excluding carboxylic acids is 4. The maximum Gasteiger partial charge on any atom is 0.255 e. The number of halogens is 1. The van der Waals surface area contributed by atoms with E-state index in [9.17, 15) is 23.6 Å². The van der Waals surface area contributed by atoms with E-state index >= 15 is 0 Å². The van der Waals surface area contributed by atoms with E-state index < -0.39 is 29.3 Å². The number of nitrogens with zero attached hydrogens (tertiary/aromatic N) is 1. The number of hydrogen-bond acceptors (Lipinski definition) is 6. The number of para-hydroxylation sites is 1. The summed E-state index contributed by atoms with van der Waals surface area (Å²) in [5.41, 5.74) is 0.399. The molecule has 0 aromatic heterocycles. The van der Waals surface area contributed by atoms with Gasteiger partial charge in [0.2, 0.25) is 17.7 Å². The first kappa shape index (κ1) is 32.4. The highest BCUT2D eigenvalue weighted by molar-refractivity contribution is 6.01. The van der Waals surface area contributed by atoms with E-state index in [1.54, 1.807) is 30.3 Å². The van der Waals surface area contributed by atoms with E-state index in [0.717, 1.165) is 5.56 Å². The summed E-state index contributed by atoms with van der Waals surface area (Å²) >= 11 is 0. The topological polar surface area (TPSA) is 126 Å². The maximum atomic E-state index is 14.2. The first-order valence-corrected chi connectivity index (χ1v) is 15.9. The lowest BCUT2D eigenvalue weighted by Gasteiger charge is -2.38. The quantitative estimate of drug-likeness (QED) is 0.455. The molecule has 242 valence electrons. The average Bonchev–Trinajstić information content (AvgIpc) is 3.53. The van der Waals surface area contributed by atoms with Crippen LogP contribution in [0.5, 0.6) is 5.75 Å². The van der Waals surface area contributed by atoms with E-state index in [2.05, 4.69) is 29.8 Å². The maximum absolute atomic E-state index is 14.2. The molecule has 5 rings (SSSR count). The third-order valence-corrected chi connectivity index (χ3v) is 9.04. The highest BCUT2D eigenvalue weighted by Crippen LogP contribution is 2.35. The monoisotopic (exact) mass is 622 g/mol. The predicted octanol–water partition coefficient (Wildman–Crippen LogP) is 3.09. The van der Waals surface area contributed by atoms with Crippen molar-refractivity contribution in [2.75, 3.05) is 32.9 Å². The molecule has 2 fully saturated rings. The molecule has 2 aromatic rings. The van der Waals surface area contributed by atoms with E-state index in [0.29, 0.717) is 57.6 Å². The van der Waals surface area contributed by atoms with Gasteiger partial charge in [-0.25, -0.2) is 4.39 Å². The summed E-state index contributed by atoms with van der Waals surface area (Å²) in [5.74, 6) is -1.50. The molecule has 0 spiro atoms. The number of benzene rings is 2. The third kappa shape index (κ3) is 7.81. The van der Waals surface area contributed by atoms with Crippen molar-refractivity contribution < 1.29 is 33.0 Å². The number of carbonyl (C=O) groups is 4. The summed E-state index contributed by atoms with van der Waals surface area (Å²) < 4.78 is 25.9. The molecular weight excluding hydrogens is 579 g/mol. The number of ether oxygens (including phenoxy) is 2. The molecule has 3 N–H and O–H groups in total. The lowest BCUT2D eigenvalue weighted by molar-refractivity contribution is -0.140. The van der Waals surface area contributed by atoms with Crippen LogP contribution in [-0.2, 0) is 24.5 Å². The SMILES string of the molecule is CC(C)C[C@H]1COc2ccccc2C(=O)N[C@H](C(=O)NCC2(c3cccc(F)c3)CCOCC2)CC(=O)N2CCC[C@@H]2C(=O)N1. The van der Waals surface area contributed by atoms with Crippen LogP contribution in [0.25, 0.3) is 0 Å². The summed E-state index contributed by atoms with van der Waals surface area (Å²) in [7, 11) is 0. The molecule has 45 heavy (non-hydrogen) atoms. The van der Waals surface area contributed by atoms with Crippen molar-refractivity contribution in [2.24, 2.45) is 5.92 Å². The Morgan fingerprint density at radius 3 is 2.62 bits per heavy atom. The van der Waals surface area contributed by atoms with E-state index in [4.69, 9.17) is 9.47 Å². The third-order valence-electron chi connectivity index (χ3n) is 9.04. The molecule has 0 bridgehead atoms. The number of hydrogen-bond donors (Lipinski definition) is 3. The minimum Gasteiger partial charge on any atom is -0.491 e. The van der Waals surface area contributed by atoms with E-state index in [-0.39, 0.29) is 54.7 Å². The molecule has 4 amide bonds. The highest BCUT2D eigenvalue weighted by atomic mass is 19.1. The highest BCUT2D eigenvalue weighted by Gasteiger charge is 2.39. The van der Waals surface area contributed by atoms with E-state index in [1.807, 2.05) is 6.07 Å². The predicted molar refractivity (Wildman–Crippen MR) is 165 cm³/mol. The Bertz CT molecular complexity index is 1390. The van der Waals surface area contributed by atoms with Crippen LogP contribution < -0.4 is 20.7 Å². The van der Waals surface area contributed by atoms with Gasteiger partial charge in [-0.05, 0) is 67.9 Å². The summed E-state index contributed by atoms with van der Waals surface area (Å²) in [6.07, 6.45) is 2.64. The Morgan fingerprint density at radius 2 is 1.87 bits per heavy atom. The fraction of sp³-hybridized carbons (Fsp3) is 0.529. The van der Waals surface area contributed by atoms with Crippen molar-refractivity contribution in [3.63, 3.8) is 0 Å². The van der Waals surface area contributed by atoms with Gasteiger partial charge in [0.1, 0.15) is 30.3 Å². The Kier molecular flexibility index (Phi) is 10.4. The molecule has 0 radical (unpaired) electrons. The second kappa shape index (κ2) is 14.4. The Labute approximate surface area is 263 Å². The van der Waals surface area contributed by atoms with Gasteiger partial charge < -0.3 is 30.3 Å². The first-order valence-electron chi connectivity index (χ1n) is 15.9. The van der Waals surface area contributed by atoms with Crippen LogP contribution in [0.15, 0.2) is 48.5 Å². The minimum absolute atomic E-state index is 0.144. The van der Waals surface area contributed by atoms with Crippen LogP contribution in [0.4, 0.5) is 4.39 Å². The van der Waals surface area contributed by atoms with Gasteiger partial charge in [0.15, 0.2) is 0 Å². The number of nitrogens with one attached hydrogen (secondary N) is 3. The average molecular weight is 623 g/mol. The van der Waals surface area contributed by atoms with E-state index in [1.165, 1.54) is 17.0 Å². The van der Waals surface area contributed by atoms with Gasteiger partial charge in [-0.3, -0.25) is 19.2 Å². The van der Waals surface area contributed by atoms with Gasteiger partial charge >= 0.3 is 0 Å². The van der Waals surface area contributed by atoms with Gasteiger partial charge in [0.25, 0.3) is 5.91 Å². The van der Waals surface area contributed by atoms with Gasteiger partial charge in [-0.1, -0.05) is 38.1 Å². The number of rotatable bonds is 6. The fourth-order valence-corrected chi connectivity index (χ4v) is 6.61. The molecule has 11 heteroatoms. The van der Waals surface area contributed by atoms with Crippen molar-refractivity contribution in [1.29, 1.82) is 0 Å². The molecule has 2 aromatic carbocycles. The minimum atomic E-state index is -1.22. The van der Waals surface area contributed by atoms with Crippen LogP contribution in [0.3, 0.4) is 0 Å². The summed E-state index contributed by atoms with van der Waals surface area (Å²) in [6, 6.07) is 10.8. The number of amides is 4. The second-order valence-electron chi connectivity index (χ2n) is 12.7. The van der Waals surface area contributed by atoms with Crippen LogP contribution in [0.2, 0.25) is 0 Å². The Balaban J connectivity index is 1.41. The molecule has 0 saturated carbocycles. The lowest BCUT2D eigenvalue weighted by atomic mass is 9.74. The summed E-state index contributed by atoms with van der Waals surface area (Å²) in [6.45, 7) is 5.72. The zero-order valence-corrected chi connectivity index (χ0v) is 26.0. The van der Waals surface area contributed by atoms with Crippen molar-refractivity contribution in [3.05, 3.63) is 65.5 Å². The summed E-state index contributed by atoms with van der Waals surface area (Å²) in [5, 5.41) is 8.81. The fourth-order valence-electron chi connectivity index (χ4n) is 6.61. The van der Waals surface area contributed by atoms with Crippen LogP contribution in [0.1, 0.15) is 68.3 Å². The molecular formula is C34H43FN4O6. The van der Waals surface area contributed by atoms with Gasteiger partial charge in [0.05, 0.1) is 18.0 Å². The van der Waals surface area contributed by atoms with Gasteiger partial charge in [0, 0.05) is 31.7 Å². The van der Waals surface area contributed by atoms with Crippen molar-refractivity contribution in [1.82, 2.24) is 20.9 Å². The van der Waals surface area contributed by atoms with Crippen LogP contribution in [-0.4, -0.2) is 79.6 Å². The largest absolute Gasteiger partial charge is 0.491 e. The Hall–Kier alpha value is -3.99. The van der Waals surface area contributed by atoms with Crippen LogP contribution >= 0.6 is 0 Å². The van der Waals surface area contributed by atoms with Crippen molar-refractivity contribution in [3.8, 4) is 5.75 Å². The smallest absolute Gasteiger partial charge is 0.255 e. The lowest BCUT2D eigenvalue weighted by Crippen LogP contribution is -2.55. The van der Waals surface area contributed by atoms with Crippen molar-refractivity contribution in [2.45, 2.75) is 75.9 Å². The molecule has 3 heterocycles. The molecule has 3 aliphatic heterocycles. The molecule has 0 aliphatic carbocycles. The second-order valence-corrected chi connectivity index (χ2v) is 12.7. The van der Waals surface area contributed by atoms with Gasteiger partial charge in [-0.15, -0.1) is 0 Å². The van der Waals surface area contributed by atoms with Gasteiger partial charge in [-0.2, -0.15) is 0 Å².